The molecule has 0 saturated heterocycles. The fourth-order valence-corrected chi connectivity index (χ4v) is 3.97. The summed E-state index contributed by atoms with van der Waals surface area (Å²) in [6, 6.07) is 9.01. The Hall–Kier alpha value is -3.54. The number of hydrogen-bond acceptors (Lipinski definition) is 8. The summed E-state index contributed by atoms with van der Waals surface area (Å²) in [5.41, 5.74) is -9.47. The number of nitrogens with one attached hydrogen (secondary N) is 1. The molecule has 0 radical (unpaired) electrons. The lowest BCUT2D eigenvalue weighted by molar-refractivity contribution is -0.698. The van der Waals surface area contributed by atoms with Gasteiger partial charge in [0.15, 0.2) is 45.6 Å². The highest BCUT2D eigenvalue weighted by atomic mass is 32.3. The highest BCUT2D eigenvalue weighted by molar-refractivity contribution is 8.13. The molecular weight excluding hydrogens is 574 g/mol. The van der Waals surface area contributed by atoms with Crippen LogP contribution in [0.25, 0.3) is 4.13 Å². The van der Waals surface area contributed by atoms with Gasteiger partial charge in [-0.25, -0.2) is 31.0 Å². The number of aromatic nitrogens is 1. The lowest BCUT2D eigenvalue weighted by atomic mass is 10.2. The highest BCUT2D eigenvalue weighted by Crippen LogP contribution is 2.36. The molecule has 0 aliphatic carbocycles. The number of pyridine rings is 1. The monoisotopic (exact) mass is 592 g/mol. The molecule has 1 aromatic carbocycles. The first kappa shape index (κ1) is 32.5. The number of alkyl halides is 6. The molecule has 210 valence electrons. The van der Waals surface area contributed by atoms with E-state index in [4.69, 9.17) is 4.74 Å². The molecule has 38 heavy (non-hydrogen) atoms. The topological polar surface area (TPSA) is 154 Å². The normalized spacial score (nSPS) is 12.0. The van der Waals surface area contributed by atoms with Gasteiger partial charge in [0.2, 0.25) is 6.08 Å². The predicted octanol–water partition coefficient (Wildman–Crippen LogP) is 3.87. The van der Waals surface area contributed by atoms with E-state index in [0.717, 1.165) is 15.3 Å². The van der Waals surface area contributed by atoms with E-state index in [1.165, 1.54) is 6.08 Å². The quantitative estimate of drug-likeness (QED) is 0.222. The third kappa shape index (κ3) is 10.1. The Morgan fingerprint density at radius 1 is 1.05 bits per heavy atom. The van der Waals surface area contributed by atoms with E-state index in [1.54, 1.807) is 18.2 Å². The number of ether oxygens (including phenoxy) is 1. The summed E-state index contributed by atoms with van der Waals surface area (Å²) in [5.74, 6) is 0. The van der Waals surface area contributed by atoms with Crippen molar-refractivity contribution in [3.8, 4) is 0 Å². The molecule has 0 aliphatic heterocycles. The number of anilines is 1. The molecule has 1 amide bonds. The molecule has 0 spiro atoms. The third-order valence-electron chi connectivity index (χ3n) is 3.99. The Kier molecular flexibility index (Phi) is 11.0. The maximum absolute atomic E-state index is 11.8. The number of aryl methyl sites for hydroxylation is 2. The molecule has 1 heterocycles. The smallest absolute Gasteiger partial charge is 0.443 e. The minimum atomic E-state index is -6.72. The summed E-state index contributed by atoms with van der Waals surface area (Å²) in [7, 11) is -13.4. The molecule has 11 nitrogen and oxygen atoms in total. The summed E-state index contributed by atoms with van der Waals surface area (Å²) in [5, 5.41) is 2.61. The number of halogens is 6. The third-order valence-corrected chi connectivity index (χ3v) is 6.73. The van der Waals surface area contributed by atoms with Crippen molar-refractivity contribution in [2.75, 3.05) is 11.9 Å². The maximum Gasteiger partial charge on any atom is 0.480 e. The number of nitrogens with zero attached hydrogens (tertiary/aromatic N) is 3. The van der Waals surface area contributed by atoms with Crippen molar-refractivity contribution in [3.05, 3.63) is 58.0 Å². The van der Waals surface area contributed by atoms with Gasteiger partial charge < -0.3 is 8.86 Å². The minimum absolute atomic E-state index is 0.255. The number of isocyanates is 1. The number of carbonyl (C=O) groups is 1. The van der Waals surface area contributed by atoms with Gasteiger partial charge in [0.1, 0.15) is 0 Å². The number of rotatable bonds is 7. The standard InChI is InChI=1S/C17H17N3O3.C2F6NO4S2/c1-13-4-3-7-20(11-13)8-9-23-17(22)19-15-6-5-14(2)16(10-15)18-12-21;3-1(4,5)14(10,11)9-15(12,13)2(6,7)8/h3-7,10-11H,8-9H2,1-2H3;/q;-1/p+1. The molecule has 2 aromatic rings. The second kappa shape index (κ2) is 12.8. The van der Waals surface area contributed by atoms with E-state index in [9.17, 15) is 52.8 Å². The van der Waals surface area contributed by atoms with Crippen LogP contribution in [0.15, 0.2) is 47.7 Å². The van der Waals surface area contributed by atoms with Gasteiger partial charge in [0.05, 0.1) is 5.69 Å². The minimum Gasteiger partial charge on any atom is -0.443 e. The number of sulfonamides is 2. The van der Waals surface area contributed by atoms with Crippen LogP contribution >= 0.6 is 0 Å². The number of amides is 1. The van der Waals surface area contributed by atoms with Crippen LogP contribution < -0.4 is 9.88 Å². The van der Waals surface area contributed by atoms with Gasteiger partial charge in [-0.2, -0.15) is 31.3 Å². The van der Waals surface area contributed by atoms with E-state index in [2.05, 4.69) is 10.3 Å². The first-order chi connectivity index (χ1) is 17.3. The summed E-state index contributed by atoms with van der Waals surface area (Å²) in [6.07, 6.45) is 4.83. The van der Waals surface area contributed by atoms with Crippen molar-refractivity contribution in [1.29, 1.82) is 0 Å². The number of carbonyl (C=O) groups excluding carboxylic acids is 2. The zero-order chi connectivity index (χ0) is 29.4. The Morgan fingerprint density at radius 2 is 1.63 bits per heavy atom. The molecule has 0 unspecified atom stereocenters. The Balaban J connectivity index is 0.000000420. The summed E-state index contributed by atoms with van der Waals surface area (Å²) in [6.45, 7) is 4.65. The highest BCUT2D eigenvalue weighted by Gasteiger charge is 2.46. The average molecular weight is 592 g/mol. The molecule has 0 saturated carbocycles. The second-order valence-corrected chi connectivity index (χ2v) is 10.4. The molecular formula is C19H18F6N4O7S2. The Bertz CT molecular complexity index is 1360. The largest absolute Gasteiger partial charge is 0.480 e. The summed E-state index contributed by atoms with van der Waals surface area (Å²) >= 11 is 0. The van der Waals surface area contributed by atoms with Gasteiger partial charge in [0, 0.05) is 17.3 Å². The summed E-state index contributed by atoms with van der Waals surface area (Å²) in [4.78, 5) is 25.7. The van der Waals surface area contributed by atoms with E-state index >= 15 is 0 Å². The van der Waals surface area contributed by atoms with Crippen LogP contribution in [0.2, 0.25) is 0 Å². The lowest BCUT2D eigenvalue weighted by Crippen LogP contribution is -2.36. The number of aliphatic imine (C=N–C) groups is 1. The maximum atomic E-state index is 11.8. The van der Waals surface area contributed by atoms with Gasteiger partial charge in [0.25, 0.3) is 0 Å². The van der Waals surface area contributed by atoms with E-state index < -0.39 is 37.2 Å². The fourth-order valence-electron chi connectivity index (χ4n) is 2.26. The first-order valence-electron chi connectivity index (χ1n) is 9.74. The van der Waals surface area contributed by atoms with Crippen LogP contribution in [0.5, 0.6) is 0 Å². The van der Waals surface area contributed by atoms with Crippen LogP contribution in [0, 0.1) is 13.8 Å². The van der Waals surface area contributed by atoms with Gasteiger partial charge in [-0.15, -0.1) is 0 Å². The van der Waals surface area contributed by atoms with Gasteiger partial charge >= 0.3 is 17.1 Å². The zero-order valence-electron chi connectivity index (χ0n) is 19.2. The van der Waals surface area contributed by atoms with E-state index in [0.29, 0.717) is 17.9 Å². The van der Waals surface area contributed by atoms with Crippen LogP contribution in [0.1, 0.15) is 11.1 Å². The molecule has 0 bridgehead atoms. The van der Waals surface area contributed by atoms with Crippen molar-refractivity contribution < 1.29 is 62.1 Å². The molecule has 2 rings (SSSR count). The van der Waals surface area contributed by atoms with E-state index in [1.807, 2.05) is 42.9 Å². The number of benzene rings is 1. The SMILES string of the molecule is Cc1ccc[n+](CCOC(=O)Nc2ccc(C)c(N=C=O)c2)c1.O=S(=O)([N-]S(=O)(=O)C(F)(F)F)C(F)(F)F. The molecule has 1 N–H and O–H groups in total. The van der Waals surface area contributed by atoms with Gasteiger partial charge in [-0.3, -0.25) is 5.32 Å². The Labute approximate surface area is 212 Å². The molecule has 1 aromatic heterocycles. The lowest BCUT2D eigenvalue weighted by Gasteiger charge is -2.22. The van der Waals surface area contributed by atoms with Crippen LogP contribution in [-0.2, 0) is 36.1 Å². The fraction of sp³-hybridized carbons (Fsp3) is 0.316. The van der Waals surface area contributed by atoms with Crippen molar-refractivity contribution in [2.45, 2.75) is 31.4 Å². The predicted molar refractivity (Wildman–Crippen MR) is 119 cm³/mol. The molecule has 0 aliphatic rings. The number of hydrogen-bond donors (Lipinski definition) is 1. The van der Waals surface area contributed by atoms with Crippen LogP contribution in [-0.4, -0.2) is 46.6 Å². The average Bonchev–Trinajstić information content (AvgIpc) is 2.74. The molecule has 0 atom stereocenters. The van der Waals surface area contributed by atoms with Gasteiger partial charge in [-0.05, 0) is 37.6 Å². The summed E-state index contributed by atoms with van der Waals surface area (Å²) < 4.78 is 116. The van der Waals surface area contributed by atoms with Crippen molar-refractivity contribution in [3.63, 3.8) is 0 Å². The van der Waals surface area contributed by atoms with E-state index in [-0.39, 0.29) is 6.61 Å². The molecule has 19 heteroatoms. The van der Waals surface area contributed by atoms with Crippen LogP contribution in [0.3, 0.4) is 0 Å². The second-order valence-electron chi connectivity index (χ2n) is 7.00. The van der Waals surface area contributed by atoms with Gasteiger partial charge in [-0.1, -0.05) is 6.07 Å². The van der Waals surface area contributed by atoms with Crippen molar-refractivity contribution in [2.24, 2.45) is 4.99 Å². The zero-order valence-corrected chi connectivity index (χ0v) is 20.9. The van der Waals surface area contributed by atoms with Crippen LogP contribution in [0.4, 0.5) is 42.5 Å². The van der Waals surface area contributed by atoms with Crippen molar-refractivity contribution in [1.82, 2.24) is 0 Å². The van der Waals surface area contributed by atoms with Crippen molar-refractivity contribution >= 4 is 43.6 Å². The Morgan fingerprint density at radius 3 is 2.13 bits per heavy atom. The first-order valence-corrected chi connectivity index (χ1v) is 12.6. The molecule has 0 fully saturated rings.